The Bertz CT molecular complexity index is 476. The maximum atomic E-state index is 3.17. The van der Waals surface area contributed by atoms with Crippen LogP contribution in [0.3, 0.4) is 0 Å². The van der Waals surface area contributed by atoms with Gasteiger partial charge in [0.15, 0.2) is 0 Å². The van der Waals surface area contributed by atoms with Gasteiger partial charge in [0.2, 0.25) is 0 Å². The number of nitrogens with zero attached hydrogens (tertiary/aromatic N) is 1. The normalized spacial score (nSPS) is 10.4. The van der Waals surface area contributed by atoms with Crippen molar-refractivity contribution in [1.82, 2.24) is 5.32 Å². The molecule has 0 aliphatic rings. The summed E-state index contributed by atoms with van der Waals surface area (Å²) >= 11 is 0. The molecule has 0 heterocycles. The van der Waals surface area contributed by atoms with E-state index >= 15 is 0 Å². The molecule has 0 bridgehead atoms. The molecule has 1 N–H and O–H groups in total. The Morgan fingerprint density at radius 3 is 2.16 bits per heavy atom. The lowest BCUT2D eigenvalue weighted by Crippen LogP contribution is -2.21. The molecule has 0 unspecified atom stereocenters. The molecule has 0 aromatic heterocycles. The summed E-state index contributed by atoms with van der Waals surface area (Å²) in [6, 6.07) is 19.4. The smallest absolute Gasteiger partial charge is 0.0429 e. The Morgan fingerprint density at radius 2 is 1.58 bits per heavy atom. The Balaban J connectivity index is 2.08. The lowest BCUT2D eigenvalue weighted by molar-refractivity contribution is 0.812. The van der Waals surface area contributed by atoms with Crippen molar-refractivity contribution in [2.24, 2.45) is 0 Å². The van der Waals surface area contributed by atoms with E-state index in [0.29, 0.717) is 0 Å². The van der Waals surface area contributed by atoms with Crippen LogP contribution in [-0.2, 0) is 13.1 Å². The summed E-state index contributed by atoms with van der Waals surface area (Å²) in [5.41, 5.74) is 3.96. The second-order valence-electron chi connectivity index (χ2n) is 4.70. The topological polar surface area (TPSA) is 15.3 Å². The van der Waals surface area contributed by atoms with E-state index in [1.165, 1.54) is 16.8 Å². The zero-order valence-corrected chi connectivity index (χ0v) is 11.8. The number of rotatable bonds is 6. The molecule has 0 radical (unpaired) electrons. The number of hydrogen-bond donors (Lipinski definition) is 1. The van der Waals surface area contributed by atoms with E-state index in [9.17, 15) is 0 Å². The second-order valence-corrected chi connectivity index (χ2v) is 4.70. The Kier molecular flexibility index (Phi) is 4.99. The molecule has 0 saturated carbocycles. The number of nitrogens with one attached hydrogen (secondary N) is 1. The Hall–Kier alpha value is -1.80. The molecule has 0 aliphatic heterocycles. The zero-order valence-electron chi connectivity index (χ0n) is 11.8. The van der Waals surface area contributed by atoms with Gasteiger partial charge in [-0.1, -0.05) is 42.5 Å². The third-order valence-electron chi connectivity index (χ3n) is 3.28. The molecular weight excluding hydrogens is 232 g/mol. The van der Waals surface area contributed by atoms with Gasteiger partial charge in [-0.05, 0) is 37.2 Å². The molecule has 100 valence electrons. The molecule has 2 aromatic rings. The molecular formula is C17H22N2. The minimum absolute atomic E-state index is 0.922. The van der Waals surface area contributed by atoms with Gasteiger partial charge < -0.3 is 10.2 Å². The summed E-state index contributed by atoms with van der Waals surface area (Å²) in [5, 5.41) is 3.17. The summed E-state index contributed by atoms with van der Waals surface area (Å²) in [6.07, 6.45) is 0. The van der Waals surface area contributed by atoms with Crippen LogP contribution >= 0.6 is 0 Å². The van der Waals surface area contributed by atoms with Crippen LogP contribution in [0.2, 0.25) is 0 Å². The van der Waals surface area contributed by atoms with Gasteiger partial charge in [-0.2, -0.15) is 0 Å². The third kappa shape index (κ3) is 3.83. The first-order valence-corrected chi connectivity index (χ1v) is 6.86. The van der Waals surface area contributed by atoms with Crippen molar-refractivity contribution in [3.8, 4) is 0 Å². The Labute approximate surface area is 116 Å². The summed E-state index contributed by atoms with van der Waals surface area (Å²) in [6.45, 7) is 5.10. The van der Waals surface area contributed by atoms with Crippen LogP contribution in [0, 0.1) is 0 Å². The van der Waals surface area contributed by atoms with Gasteiger partial charge in [0, 0.05) is 25.3 Å². The lowest BCUT2D eigenvalue weighted by atomic mass is 10.1. The van der Waals surface area contributed by atoms with E-state index in [4.69, 9.17) is 0 Å². The van der Waals surface area contributed by atoms with E-state index in [1.54, 1.807) is 0 Å². The van der Waals surface area contributed by atoms with Crippen LogP contribution < -0.4 is 10.2 Å². The maximum absolute atomic E-state index is 3.17. The summed E-state index contributed by atoms with van der Waals surface area (Å²) in [4.78, 5) is 2.39. The van der Waals surface area contributed by atoms with Gasteiger partial charge in [0.1, 0.15) is 0 Å². The fourth-order valence-electron chi connectivity index (χ4n) is 2.22. The number of benzene rings is 2. The second kappa shape index (κ2) is 6.95. The van der Waals surface area contributed by atoms with Crippen molar-refractivity contribution in [3.05, 3.63) is 65.7 Å². The van der Waals surface area contributed by atoms with Crippen molar-refractivity contribution in [3.63, 3.8) is 0 Å². The van der Waals surface area contributed by atoms with Crippen molar-refractivity contribution in [2.45, 2.75) is 20.0 Å². The van der Waals surface area contributed by atoms with E-state index in [-0.39, 0.29) is 0 Å². The first-order valence-electron chi connectivity index (χ1n) is 6.86. The summed E-state index contributed by atoms with van der Waals surface area (Å²) < 4.78 is 0. The van der Waals surface area contributed by atoms with E-state index < -0.39 is 0 Å². The fraction of sp³-hybridized carbons (Fsp3) is 0.294. The average Bonchev–Trinajstić information content (AvgIpc) is 2.47. The third-order valence-corrected chi connectivity index (χ3v) is 3.28. The summed E-state index contributed by atoms with van der Waals surface area (Å²) in [7, 11) is 1.97. The Morgan fingerprint density at radius 1 is 0.895 bits per heavy atom. The first-order chi connectivity index (χ1) is 9.33. The largest absolute Gasteiger partial charge is 0.367 e. The van der Waals surface area contributed by atoms with Crippen molar-refractivity contribution in [2.75, 3.05) is 18.5 Å². The van der Waals surface area contributed by atoms with E-state index in [0.717, 1.165) is 19.6 Å². The predicted octanol–water partition coefficient (Wildman–Crippen LogP) is 3.43. The standard InChI is InChI=1S/C17H22N2/c1-3-19(14-16-7-5-4-6-8-16)17-11-9-15(10-12-17)13-18-2/h4-12,18H,3,13-14H2,1-2H3. The van der Waals surface area contributed by atoms with Crippen LogP contribution in [0.5, 0.6) is 0 Å². The van der Waals surface area contributed by atoms with Crippen molar-refractivity contribution in [1.29, 1.82) is 0 Å². The summed E-state index contributed by atoms with van der Waals surface area (Å²) in [5.74, 6) is 0. The van der Waals surface area contributed by atoms with Crippen LogP contribution in [0.15, 0.2) is 54.6 Å². The highest BCUT2D eigenvalue weighted by molar-refractivity contribution is 5.48. The highest BCUT2D eigenvalue weighted by atomic mass is 15.1. The highest BCUT2D eigenvalue weighted by Gasteiger charge is 2.04. The monoisotopic (exact) mass is 254 g/mol. The molecule has 0 saturated heterocycles. The van der Waals surface area contributed by atoms with Gasteiger partial charge in [0.05, 0.1) is 0 Å². The first kappa shape index (κ1) is 13.6. The number of anilines is 1. The van der Waals surface area contributed by atoms with Gasteiger partial charge in [-0.15, -0.1) is 0 Å². The molecule has 2 aromatic carbocycles. The molecule has 0 atom stereocenters. The van der Waals surface area contributed by atoms with Gasteiger partial charge in [-0.25, -0.2) is 0 Å². The van der Waals surface area contributed by atoms with E-state index in [1.807, 2.05) is 7.05 Å². The van der Waals surface area contributed by atoms with Gasteiger partial charge in [0.25, 0.3) is 0 Å². The minimum Gasteiger partial charge on any atom is -0.367 e. The molecule has 19 heavy (non-hydrogen) atoms. The van der Waals surface area contributed by atoms with Crippen LogP contribution in [-0.4, -0.2) is 13.6 Å². The fourth-order valence-corrected chi connectivity index (χ4v) is 2.22. The lowest BCUT2D eigenvalue weighted by Gasteiger charge is -2.23. The quantitative estimate of drug-likeness (QED) is 0.849. The molecule has 0 fully saturated rings. The molecule has 2 rings (SSSR count). The average molecular weight is 254 g/mol. The molecule has 0 amide bonds. The molecule has 2 heteroatoms. The highest BCUT2D eigenvalue weighted by Crippen LogP contribution is 2.17. The zero-order chi connectivity index (χ0) is 13.5. The van der Waals surface area contributed by atoms with Crippen LogP contribution in [0.1, 0.15) is 18.1 Å². The SMILES string of the molecule is CCN(Cc1ccccc1)c1ccc(CNC)cc1. The minimum atomic E-state index is 0.922. The number of hydrogen-bond acceptors (Lipinski definition) is 2. The predicted molar refractivity (Wildman–Crippen MR) is 82.4 cm³/mol. The van der Waals surface area contributed by atoms with Crippen molar-refractivity contribution >= 4 is 5.69 Å². The van der Waals surface area contributed by atoms with Gasteiger partial charge >= 0.3 is 0 Å². The van der Waals surface area contributed by atoms with E-state index in [2.05, 4.69) is 71.7 Å². The molecule has 2 nitrogen and oxygen atoms in total. The molecule has 0 aliphatic carbocycles. The van der Waals surface area contributed by atoms with Gasteiger partial charge in [-0.3, -0.25) is 0 Å². The van der Waals surface area contributed by atoms with Crippen molar-refractivity contribution < 1.29 is 0 Å². The maximum Gasteiger partial charge on any atom is 0.0429 e. The van der Waals surface area contributed by atoms with Crippen LogP contribution in [0.25, 0.3) is 0 Å². The molecule has 0 spiro atoms. The van der Waals surface area contributed by atoms with Crippen LogP contribution in [0.4, 0.5) is 5.69 Å².